The smallest absolute Gasteiger partial charge is 0.434 e. The lowest BCUT2D eigenvalue weighted by Gasteiger charge is -2.01. The fourth-order valence-electron chi connectivity index (χ4n) is 0.513. The van der Waals surface area contributed by atoms with Gasteiger partial charge in [-0.2, -0.15) is 0 Å². The van der Waals surface area contributed by atoms with Gasteiger partial charge in [0.1, 0.15) is 6.61 Å². The molecule has 0 fully saturated rings. The first-order valence-corrected chi connectivity index (χ1v) is 3.53. The largest absolute Gasteiger partial charge is 0.508 e. The normalized spacial score (nSPS) is 8.82. The highest BCUT2D eigenvalue weighted by Gasteiger charge is 1.99. The van der Waals surface area contributed by atoms with E-state index in [0.29, 0.717) is 6.61 Å². The van der Waals surface area contributed by atoms with Gasteiger partial charge in [-0.3, -0.25) is 0 Å². The summed E-state index contributed by atoms with van der Waals surface area (Å²) in [6.45, 7) is 6.83. The Labute approximate surface area is 67.0 Å². The first-order chi connectivity index (χ1) is 5.31. The van der Waals surface area contributed by atoms with Gasteiger partial charge < -0.3 is 9.47 Å². The standard InChI is InChI=1S/C8H13O3/c1-3-5-6-7-11-8(9)10-4-2/h3-4H,1,5-7H2,2H3. The van der Waals surface area contributed by atoms with Gasteiger partial charge in [0.2, 0.25) is 0 Å². The Balaban J connectivity index is 3.10. The second kappa shape index (κ2) is 7.12. The van der Waals surface area contributed by atoms with E-state index >= 15 is 0 Å². The van der Waals surface area contributed by atoms with Crippen molar-refractivity contribution in [1.82, 2.24) is 0 Å². The molecule has 0 N–H and O–H groups in total. The maximum absolute atomic E-state index is 10.5. The summed E-state index contributed by atoms with van der Waals surface area (Å²) in [5.74, 6) is 0. The molecule has 0 saturated carbocycles. The van der Waals surface area contributed by atoms with E-state index < -0.39 is 6.16 Å². The molecule has 0 aromatic rings. The van der Waals surface area contributed by atoms with Crippen LogP contribution in [0.25, 0.3) is 0 Å². The van der Waals surface area contributed by atoms with E-state index in [9.17, 15) is 4.79 Å². The Morgan fingerprint density at radius 1 is 1.64 bits per heavy atom. The zero-order chi connectivity index (χ0) is 8.53. The van der Waals surface area contributed by atoms with Crippen LogP contribution in [0, 0.1) is 6.61 Å². The molecule has 0 aliphatic rings. The van der Waals surface area contributed by atoms with Crippen LogP contribution < -0.4 is 0 Å². The van der Waals surface area contributed by atoms with Gasteiger partial charge in [0.15, 0.2) is 0 Å². The fraction of sp³-hybridized carbons (Fsp3) is 0.500. The molecule has 0 saturated heterocycles. The summed E-state index contributed by atoms with van der Waals surface area (Å²) in [5.41, 5.74) is 0. The number of unbranched alkanes of at least 4 members (excludes halogenated alkanes) is 1. The minimum atomic E-state index is -0.642. The predicted octanol–water partition coefficient (Wildman–Crippen LogP) is 2.29. The van der Waals surface area contributed by atoms with E-state index in [1.165, 1.54) is 6.61 Å². The van der Waals surface area contributed by atoms with Gasteiger partial charge in [-0.25, -0.2) is 4.79 Å². The predicted molar refractivity (Wildman–Crippen MR) is 41.8 cm³/mol. The van der Waals surface area contributed by atoms with E-state index in [1.54, 1.807) is 13.0 Å². The quantitative estimate of drug-likeness (QED) is 0.349. The van der Waals surface area contributed by atoms with Gasteiger partial charge in [0.25, 0.3) is 0 Å². The molecule has 63 valence electrons. The van der Waals surface area contributed by atoms with Gasteiger partial charge in [0, 0.05) is 0 Å². The number of hydrogen-bond acceptors (Lipinski definition) is 3. The van der Waals surface area contributed by atoms with Crippen molar-refractivity contribution >= 4 is 6.16 Å². The van der Waals surface area contributed by atoms with Crippen LogP contribution in [0.3, 0.4) is 0 Å². The van der Waals surface area contributed by atoms with E-state index in [-0.39, 0.29) is 0 Å². The minimum Gasteiger partial charge on any atom is -0.434 e. The number of hydrogen-bond donors (Lipinski definition) is 0. The van der Waals surface area contributed by atoms with Gasteiger partial charge in [-0.15, -0.1) is 6.58 Å². The van der Waals surface area contributed by atoms with Gasteiger partial charge >= 0.3 is 6.16 Å². The van der Waals surface area contributed by atoms with Crippen LogP contribution in [0.4, 0.5) is 4.79 Å². The maximum atomic E-state index is 10.5. The molecule has 0 heterocycles. The molecule has 0 spiro atoms. The number of carbonyl (C=O) groups is 1. The lowest BCUT2D eigenvalue weighted by molar-refractivity contribution is 0.0742. The molecule has 0 atom stereocenters. The van der Waals surface area contributed by atoms with Crippen molar-refractivity contribution in [3.63, 3.8) is 0 Å². The second-order valence-corrected chi connectivity index (χ2v) is 1.88. The van der Waals surface area contributed by atoms with Crippen molar-refractivity contribution in [2.45, 2.75) is 19.8 Å². The molecule has 3 heteroatoms. The molecule has 0 unspecified atom stereocenters. The highest BCUT2D eigenvalue weighted by molar-refractivity contribution is 5.60. The van der Waals surface area contributed by atoms with Crippen LogP contribution in [0.5, 0.6) is 0 Å². The van der Waals surface area contributed by atoms with Gasteiger partial charge in [-0.05, 0) is 19.8 Å². The van der Waals surface area contributed by atoms with Crippen LogP contribution in [0.15, 0.2) is 12.7 Å². The SMILES string of the molecule is C=CCCCOC(=O)O[CH]C. The van der Waals surface area contributed by atoms with Crippen LogP contribution in [0.2, 0.25) is 0 Å². The lowest BCUT2D eigenvalue weighted by atomic mass is 10.3. The topological polar surface area (TPSA) is 35.5 Å². The highest BCUT2D eigenvalue weighted by Crippen LogP contribution is 1.93. The average molecular weight is 157 g/mol. The van der Waals surface area contributed by atoms with Crippen molar-refractivity contribution in [2.24, 2.45) is 0 Å². The van der Waals surface area contributed by atoms with Gasteiger partial charge in [0.05, 0.1) is 6.61 Å². The van der Waals surface area contributed by atoms with Crippen LogP contribution in [-0.2, 0) is 9.47 Å². The summed E-state index contributed by atoms with van der Waals surface area (Å²) in [5, 5.41) is 0. The highest BCUT2D eigenvalue weighted by atomic mass is 16.7. The average Bonchev–Trinajstić information content (AvgIpc) is 1.99. The minimum absolute atomic E-state index is 0.388. The lowest BCUT2D eigenvalue weighted by Crippen LogP contribution is -2.05. The van der Waals surface area contributed by atoms with E-state index in [0.717, 1.165) is 12.8 Å². The summed E-state index contributed by atoms with van der Waals surface area (Å²) >= 11 is 0. The Hall–Kier alpha value is -0.990. The fourth-order valence-corrected chi connectivity index (χ4v) is 0.513. The molecule has 11 heavy (non-hydrogen) atoms. The third kappa shape index (κ3) is 6.90. The summed E-state index contributed by atoms with van der Waals surface area (Å²) in [4.78, 5) is 10.5. The second-order valence-electron chi connectivity index (χ2n) is 1.88. The Bertz CT molecular complexity index is 121. The van der Waals surface area contributed by atoms with Crippen molar-refractivity contribution in [2.75, 3.05) is 6.61 Å². The summed E-state index contributed by atoms with van der Waals surface area (Å²) in [7, 11) is 0. The van der Waals surface area contributed by atoms with E-state index in [4.69, 9.17) is 0 Å². The van der Waals surface area contributed by atoms with Crippen LogP contribution >= 0.6 is 0 Å². The summed E-state index contributed by atoms with van der Waals surface area (Å²) in [6, 6.07) is 0. The zero-order valence-corrected chi connectivity index (χ0v) is 6.71. The Kier molecular flexibility index (Phi) is 6.48. The number of allylic oxidation sites excluding steroid dienone is 1. The molecular formula is C8H13O3. The van der Waals surface area contributed by atoms with Crippen molar-refractivity contribution in [1.29, 1.82) is 0 Å². The first-order valence-electron chi connectivity index (χ1n) is 3.53. The maximum Gasteiger partial charge on any atom is 0.508 e. The zero-order valence-electron chi connectivity index (χ0n) is 6.71. The van der Waals surface area contributed by atoms with Crippen molar-refractivity contribution < 1.29 is 14.3 Å². The molecule has 1 radical (unpaired) electrons. The number of ether oxygens (including phenoxy) is 2. The molecule has 0 aromatic heterocycles. The summed E-state index contributed by atoms with van der Waals surface area (Å²) in [6.07, 6.45) is 2.78. The molecule has 0 rings (SSSR count). The van der Waals surface area contributed by atoms with Crippen molar-refractivity contribution in [3.8, 4) is 0 Å². The van der Waals surface area contributed by atoms with E-state index in [2.05, 4.69) is 16.1 Å². The molecule has 0 bridgehead atoms. The van der Waals surface area contributed by atoms with Crippen LogP contribution in [-0.4, -0.2) is 12.8 Å². The number of rotatable bonds is 5. The monoisotopic (exact) mass is 157 g/mol. The molecule has 3 nitrogen and oxygen atoms in total. The third-order valence-electron chi connectivity index (χ3n) is 0.987. The summed E-state index contributed by atoms with van der Waals surface area (Å²) < 4.78 is 9.05. The van der Waals surface area contributed by atoms with E-state index in [1.807, 2.05) is 0 Å². The Morgan fingerprint density at radius 3 is 2.91 bits per heavy atom. The number of carbonyl (C=O) groups excluding carboxylic acids is 1. The third-order valence-corrected chi connectivity index (χ3v) is 0.987. The van der Waals surface area contributed by atoms with Gasteiger partial charge in [-0.1, -0.05) is 6.08 Å². The van der Waals surface area contributed by atoms with Crippen LogP contribution in [0.1, 0.15) is 19.8 Å². The molecule has 0 aliphatic heterocycles. The Morgan fingerprint density at radius 2 is 2.36 bits per heavy atom. The molecule has 0 aromatic carbocycles. The molecule has 0 amide bonds. The molecule has 0 aliphatic carbocycles. The molecular weight excluding hydrogens is 144 g/mol. The first kappa shape index (κ1) is 10.0. The van der Waals surface area contributed by atoms with Crippen molar-refractivity contribution in [3.05, 3.63) is 19.3 Å².